The van der Waals surface area contributed by atoms with Crippen LogP contribution >= 0.6 is 0 Å². The van der Waals surface area contributed by atoms with E-state index in [1.165, 1.54) is 6.92 Å². The number of nitrogens with zero attached hydrogens (tertiary/aromatic N) is 1. The molecule has 0 bridgehead atoms. The number of nitrogens with one attached hydrogen (secondary N) is 1. The van der Waals surface area contributed by atoms with E-state index in [4.69, 9.17) is 4.74 Å². The summed E-state index contributed by atoms with van der Waals surface area (Å²) in [6, 6.07) is 15.1. The third-order valence-corrected chi connectivity index (χ3v) is 3.82. The number of ketones is 1. The van der Waals surface area contributed by atoms with Crippen molar-refractivity contribution in [2.24, 2.45) is 0 Å². The number of carbonyl (C=O) groups is 1. The van der Waals surface area contributed by atoms with Crippen molar-refractivity contribution in [1.82, 2.24) is 0 Å². The maximum absolute atomic E-state index is 11.5. The van der Waals surface area contributed by atoms with Crippen LogP contribution in [-0.4, -0.2) is 19.4 Å². The minimum Gasteiger partial charge on any atom is -0.496 e. The molecule has 0 heterocycles. The van der Waals surface area contributed by atoms with Gasteiger partial charge in [-0.25, -0.2) is 0 Å². The van der Waals surface area contributed by atoms with Gasteiger partial charge in [0.15, 0.2) is 5.78 Å². The molecule has 0 radical (unpaired) electrons. The number of para-hydroxylation sites is 1. The lowest BCUT2D eigenvalue weighted by Gasteiger charge is -2.17. The molecule has 1 N–H and O–H groups in total. The Hall–Kier alpha value is -2.80. The molecule has 4 nitrogen and oxygen atoms in total. The highest BCUT2D eigenvalue weighted by Crippen LogP contribution is 2.27. The van der Waals surface area contributed by atoms with Gasteiger partial charge >= 0.3 is 0 Å². The van der Waals surface area contributed by atoms with Crippen LogP contribution in [0.15, 0.2) is 42.5 Å². The zero-order valence-corrected chi connectivity index (χ0v) is 13.6. The number of anilines is 1. The Morgan fingerprint density at radius 3 is 2.70 bits per heavy atom. The highest BCUT2D eigenvalue weighted by Gasteiger charge is 2.12. The maximum Gasteiger partial charge on any atom is 0.159 e. The summed E-state index contributed by atoms with van der Waals surface area (Å²) >= 11 is 0. The molecule has 0 fully saturated rings. The number of carbonyl (C=O) groups excluding carboxylic acids is 1. The molecular formula is C19H20N2O2. The number of nitriles is 1. The summed E-state index contributed by atoms with van der Waals surface area (Å²) in [6.45, 7) is 4.24. The van der Waals surface area contributed by atoms with Crippen LogP contribution in [0.5, 0.6) is 5.75 Å². The molecule has 0 aromatic heterocycles. The van der Waals surface area contributed by atoms with E-state index in [1.54, 1.807) is 25.3 Å². The molecule has 0 amide bonds. The summed E-state index contributed by atoms with van der Waals surface area (Å²) in [5, 5.41) is 12.5. The van der Waals surface area contributed by atoms with Crippen LogP contribution in [0.4, 0.5) is 5.69 Å². The maximum atomic E-state index is 11.5. The summed E-state index contributed by atoms with van der Waals surface area (Å²) < 4.78 is 5.39. The van der Waals surface area contributed by atoms with E-state index in [9.17, 15) is 10.1 Å². The predicted molar refractivity (Wildman–Crippen MR) is 91.1 cm³/mol. The first-order valence-electron chi connectivity index (χ1n) is 7.48. The lowest BCUT2D eigenvalue weighted by Crippen LogP contribution is -2.12. The van der Waals surface area contributed by atoms with Gasteiger partial charge in [-0.2, -0.15) is 5.26 Å². The molecule has 2 aromatic rings. The number of benzene rings is 2. The third-order valence-electron chi connectivity index (χ3n) is 3.82. The minimum atomic E-state index is -0.0182. The van der Waals surface area contributed by atoms with Crippen LogP contribution in [-0.2, 0) is 0 Å². The average Bonchev–Trinajstić information content (AvgIpc) is 2.59. The van der Waals surface area contributed by atoms with Gasteiger partial charge in [0.2, 0.25) is 0 Å². The van der Waals surface area contributed by atoms with Gasteiger partial charge in [0.1, 0.15) is 11.8 Å². The highest BCUT2D eigenvalue weighted by atomic mass is 16.5. The first-order valence-corrected chi connectivity index (χ1v) is 7.48. The van der Waals surface area contributed by atoms with Crippen molar-refractivity contribution >= 4 is 11.5 Å². The van der Waals surface area contributed by atoms with Crippen molar-refractivity contribution in [2.75, 3.05) is 19.0 Å². The smallest absolute Gasteiger partial charge is 0.159 e. The van der Waals surface area contributed by atoms with Crippen LogP contribution < -0.4 is 10.1 Å². The zero-order valence-electron chi connectivity index (χ0n) is 13.6. The highest BCUT2D eigenvalue weighted by molar-refractivity contribution is 5.95. The van der Waals surface area contributed by atoms with Crippen molar-refractivity contribution in [3.05, 3.63) is 59.2 Å². The number of hydrogen-bond donors (Lipinski definition) is 1. The van der Waals surface area contributed by atoms with E-state index in [1.807, 2.05) is 24.3 Å². The standard InChI is InChI=1S/C19H20N2O2/c1-13(17-6-4-5-7-19(17)23-3)12-21-18-10-15(14(2)22)8-9-16(18)11-20/h4-10,13,21H,12H2,1-3H3. The third kappa shape index (κ3) is 3.89. The molecule has 2 rings (SSSR count). The van der Waals surface area contributed by atoms with Gasteiger partial charge in [-0.05, 0) is 36.8 Å². The summed E-state index contributed by atoms with van der Waals surface area (Å²) in [5.74, 6) is 1.02. The molecule has 0 aliphatic rings. The first-order chi connectivity index (χ1) is 11.1. The zero-order chi connectivity index (χ0) is 16.8. The van der Waals surface area contributed by atoms with Crippen molar-refractivity contribution in [3.63, 3.8) is 0 Å². The van der Waals surface area contributed by atoms with E-state index in [-0.39, 0.29) is 11.7 Å². The van der Waals surface area contributed by atoms with E-state index in [2.05, 4.69) is 18.3 Å². The first kappa shape index (κ1) is 16.6. The normalized spacial score (nSPS) is 11.4. The fraction of sp³-hybridized carbons (Fsp3) is 0.263. The topological polar surface area (TPSA) is 62.1 Å². The number of ether oxygens (including phenoxy) is 1. The predicted octanol–water partition coefficient (Wildman–Crippen LogP) is 3.99. The fourth-order valence-corrected chi connectivity index (χ4v) is 2.45. The Morgan fingerprint density at radius 1 is 1.30 bits per heavy atom. The molecule has 4 heteroatoms. The van der Waals surface area contributed by atoms with E-state index in [0.717, 1.165) is 11.3 Å². The molecule has 0 spiro atoms. The van der Waals surface area contributed by atoms with Crippen LogP contribution in [0.3, 0.4) is 0 Å². The van der Waals surface area contributed by atoms with Gasteiger partial charge in [-0.15, -0.1) is 0 Å². The fourth-order valence-electron chi connectivity index (χ4n) is 2.45. The summed E-state index contributed by atoms with van der Waals surface area (Å²) in [4.78, 5) is 11.5. The quantitative estimate of drug-likeness (QED) is 0.820. The van der Waals surface area contributed by atoms with Crippen molar-refractivity contribution < 1.29 is 9.53 Å². The Labute approximate surface area is 136 Å². The van der Waals surface area contributed by atoms with Crippen molar-refractivity contribution in [1.29, 1.82) is 5.26 Å². The molecule has 0 aliphatic carbocycles. The molecule has 2 aromatic carbocycles. The second kappa shape index (κ2) is 7.46. The lowest BCUT2D eigenvalue weighted by atomic mass is 9.99. The Balaban J connectivity index is 2.18. The second-order valence-corrected chi connectivity index (χ2v) is 5.45. The van der Waals surface area contributed by atoms with Crippen molar-refractivity contribution in [3.8, 4) is 11.8 Å². The van der Waals surface area contributed by atoms with E-state index >= 15 is 0 Å². The molecular weight excluding hydrogens is 288 g/mol. The van der Waals surface area contributed by atoms with Crippen LogP contribution in [0.2, 0.25) is 0 Å². The van der Waals surface area contributed by atoms with Gasteiger partial charge < -0.3 is 10.1 Å². The number of hydrogen-bond acceptors (Lipinski definition) is 4. The molecule has 1 atom stereocenters. The van der Waals surface area contributed by atoms with Crippen LogP contribution in [0.25, 0.3) is 0 Å². The molecule has 1 unspecified atom stereocenters. The monoisotopic (exact) mass is 308 g/mol. The molecule has 0 aliphatic heterocycles. The van der Waals surface area contributed by atoms with Gasteiger partial charge in [-0.3, -0.25) is 4.79 Å². The molecule has 0 saturated heterocycles. The van der Waals surface area contributed by atoms with Crippen LogP contribution in [0.1, 0.15) is 41.3 Å². The van der Waals surface area contributed by atoms with Gasteiger partial charge in [-0.1, -0.05) is 25.1 Å². The molecule has 23 heavy (non-hydrogen) atoms. The largest absolute Gasteiger partial charge is 0.496 e. The summed E-state index contributed by atoms with van der Waals surface area (Å²) in [7, 11) is 1.66. The Kier molecular flexibility index (Phi) is 5.37. The Bertz CT molecular complexity index is 747. The lowest BCUT2D eigenvalue weighted by molar-refractivity contribution is 0.101. The number of rotatable bonds is 6. The molecule has 118 valence electrons. The number of methoxy groups -OCH3 is 1. The van der Waals surface area contributed by atoms with Gasteiger partial charge in [0.05, 0.1) is 18.4 Å². The van der Waals surface area contributed by atoms with E-state index < -0.39 is 0 Å². The average molecular weight is 308 g/mol. The van der Waals surface area contributed by atoms with Gasteiger partial charge in [0, 0.05) is 18.0 Å². The minimum absolute atomic E-state index is 0.0182. The SMILES string of the molecule is COc1ccccc1C(C)CNc1cc(C(C)=O)ccc1C#N. The Morgan fingerprint density at radius 2 is 2.04 bits per heavy atom. The van der Waals surface area contributed by atoms with Crippen LogP contribution in [0, 0.1) is 11.3 Å². The van der Waals surface area contributed by atoms with E-state index in [0.29, 0.717) is 23.4 Å². The number of Topliss-reactive ketones (excluding diaryl/α,β-unsaturated/α-hetero) is 1. The second-order valence-electron chi connectivity index (χ2n) is 5.45. The summed E-state index contributed by atoms with van der Waals surface area (Å²) in [5.41, 5.74) is 2.91. The molecule has 0 saturated carbocycles. The van der Waals surface area contributed by atoms with Gasteiger partial charge in [0.25, 0.3) is 0 Å². The summed E-state index contributed by atoms with van der Waals surface area (Å²) in [6.07, 6.45) is 0. The van der Waals surface area contributed by atoms with Crippen molar-refractivity contribution in [2.45, 2.75) is 19.8 Å².